The fraction of sp³-hybridized carbons (Fsp3) is 0.737. The Bertz CT molecular complexity index is 675. The molecule has 26 heavy (non-hydrogen) atoms. The molecule has 1 saturated heterocycles. The van der Waals surface area contributed by atoms with E-state index in [4.69, 9.17) is 9.47 Å². The molecule has 7 nitrogen and oxygen atoms in total. The molecule has 1 heterocycles. The van der Waals surface area contributed by atoms with E-state index in [1.807, 2.05) is 0 Å². The predicted molar refractivity (Wildman–Crippen MR) is 89.7 cm³/mol. The molecule has 2 N–H and O–H groups in total. The summed E-state index contributed by atoms with van der Waals surface area (Å²) in [7, 11) is 0. The van der Waals surface area contributed by atoms with Crippen LogP contribution in [0.1, 0.15) is 40.5 Å². The second-order valence-electron chi connectivity index (χ2n) is 8.45. The summed E-state index contributed by atoms with van der Waals surface area (Å²) in [6, 6.07) is 0. The molecule has 0 unspecified atom stereocenters. The first-order valence-electron chi connectivity index (χ1n) is 8.97. The average Bonchev–Trinajstić information content (AvgIpc) is 2.90. The van der Waals surface area contributed by atoms with Gasteiger partial charge in [-0.2, -0.15) is 0 Å². The Morgan fingerprint density at radius 2 is 1.92 bits per heavy atom. The third-order valence-electron chi connectivity index (χ3n) is 6.36. The highest BCUT2D eigenvalue weighted by atomic mass is 16.6. The summed E-state index contributed by atoms with van der Waals surface area (Å²) >= 11 is 0. The summed E-state index contributed by atoms with van der Waals surface area (Å²) in [6.07, 6.45) is -1.64. The van der Waals surface area contributed by atoms with Crippen molar-refractivity contribution < 1.29 is 34.1 Å². The second-order valence-corrected chi connectivity index (χ2v) is 8.45. The smallest absolute Gasteiger partial charge is 0.334 e. The first kappa shape index (κ1) is 19.0. The molecular formula is C19H26O7. The maximum atomic E-state index is 12.4. The first-order valence-corrected chi connectivity index (χ1v) is 8.97. The quantitative estimate of drug-likeness (QED) is 0.548. The van der Waals surface area contributed by atoms with Gasteiger partial charge < -0.3 is 19.7 Å². The van der Waals surface area contributed by atoms with Crippen LogP contribution < -0.4 is 0 Å². The summed E-state index contributed by atoms with van der Waals surface area (Å²) in [5, 5.41) is 22.1. The van der Waals surface area contributed by atoms with Crippen LogP contribution in [0, 0.1) is 23.7 Å². The molecule has 2 saturated carbocycles. The van der Waals surface area contributed by atoms with Gasteiger partial charge in [-0.25, -0.2) is 4.79 Å². The van der Waals surface area contributed by atoms with Crippen LogP contribution in [-0.4, -0.2) is 51.3 Å². The number of Topliss-reactive ketones (excluding diaryl/α,β-unsaturated/α-hetero) is 1. The zero-order chi connectivity index (χ0) is 19.6. The number of carbonyl (C=O) groups excluding carboxylic acids is 3. The van der Waals surface area contributed by atoms with Crippen LogP contribution in [-0.2, 0) is 23.9 Å². The first-order chi connectivity index (χ1) is 11.9. The number of hydrogen-bond donors (Lipinski definition) is 2. The zero-order valence-electron chi connectivity index (χ0n) is 15.5. The van der Waals surface area contributed by atoms with Crippen molar-refractivity contribution >= 4 is 17.7 Å². The molecule has 0 amide bonds. The number of ether oxygens (including phenoxy) is 2. The second kappa shape index (κ2) is 5.89. The lowest BCUT2D eigenvalue weighted by atomic mass is 9.74. The lowest BCUT2D eigenvalue weighted by Crippen LogP contribution is -2.52. The predicted octanol–water partition coefficient (Wildman–Crippen LogP) is 0.763. The van der Waals surface area contributed by atoms with E-state index < -0.39 is 64.8 Å². The van der Waals surface area contributed by atoms with E-state index in [0.717, 1.165) is 0 Å². The standard InChI is InChI=1S/C19H26O7/c1-8(2)16(21)25-13-6-10-9(3)17(22)26-15(10)14-11(18(13,4)23)7-12(20)19(14,5)24/h8,10-11,13-15,23-24H,3,6-7H2,1-2,4-5H3/t10-,11+,13-,14-,15-,18-,19+/m0/s1. The van der Waals surface area contributed by atoms with Crippen molar-refractivity contribution in [2.24, 2.45) is 23.7 Å². The van der Waals surface area contributed by atoms with Crippen LogP contribution in [0.25, 0.3) is 0 Å². The molecule has 3 rings (SSSR count). The van der Waals surface area contributed by atoms with Gasteiger partial charge in [0.05, 0.1) is 5.92 Å². The van der Waals surface area contributed by atoms with E-state index >= 15 is 0 Å². The molecule has 7 atom stereocenters. The van der Waals surface area contributed by atoms with Crippen molar-refractivity contribution in [3.8, 4) is 0 Å². The third-order valence-corrected chi connectivity index (χ3v) is 6.36. The highest BCUT2D eigenvalue weighted by Crippen LogP contribution is 2.55. The summed E-state index contributed by atoms with van der Waals surface area (Å²) in [5.41, 5.74) is -3.07. The maximum Gasteiger partial charge on any atom is 0.334 e. The molecule has 0 radical (unpaired) electrons. The van der Waals surface area contributed by atoms with Crippen LogP contribution in [0.5, 0.6) is 0 Å². The normalized spacial score (nSPS) is 45.2. The molecule has 0 aromatic carbocycles. The number of hydrogen-bond acceptors (Lipinski definition) is 7. The summed E-state index contributed by atoms with van der Waals surface area (Å²) < 4.78 is 11.0. The highest BCUT2D eigenvalue weighted by Gasteiger charge is 2.67. The molecule has 3 aliphatic rings. The van der Waals surface area contributed by atoms with Crippen molar-refractivity contribution in [1.29, 1.82) is 0 Å². The average molecular weight is 366 g/mol. The monoisotopic (exact) mass is 366 g/mol. The third kappa shape index (κ3) is 2.60. The molecule has 1 aliphatic heterocycles. The minimum atomic E-state index is -1.74. The zero-order valence-corrected chi connectivity index (χ0v) is 15.5. The number of rotatable bonds is 2. The van der Waals surface area contributed by atoms with Crippen LogP contribution in [0.2, 0.25) is 0 Å². The Morgan fingerprint density at radius 3 is 2.50 bits per heavy atom. The Hall–Kier alpha value is -1.73. The Balaban J connectivity index is 2.07. The van der Waals surface area contributed by atoms with Gasteiger partial charge in [-0.05, 0) is 20.3 Å². The van der Waals surface area contributed by atoms with E-state index in [1.54, 1.807) is 13.8 Å². The van der Waals surface area contributed by atoms with Gasteiger partial charge in [0, 0.05) is 29.7 Å². The van der Waals surface area contributed by atoms with E-state index in [9.17, 15) is 24.6 Å². The minimum absolute atomic E-state index is 0.0758. The van der Waals surface area contributed by atoms with Crippen molar-refractivity contribution in [2.45, 2.75) is 63.9 Å². The van der Waals surface area contributed by atoms with Crippen LogP contribution in [0.4, 0.5) is 0 Å². The summed E-state index contributed by atoms with van der Waals surface area (Å²) in [4.78, 5) is 36.7. The molecule has 2 aliphatic carbocycles. The number of ketones is 1. The number of esters is 2. The Labute approximate surface area is 152 Å². The van der Waals surface area contributed by atoms with Crippen molar-refractivity contribution in [2.75, 3.05) is 0 Å². The van der Waals surface area contributed by atoms with Gasteiger partial charge in [-0.3, -0.25) is 9.59 Å². The Morgan fingerprint density at radius 1 is 1.31 bits per heavy atom. The lowest BCUT2D eigenvalue weighted by Gasteiger charge is -2.39. The fourth-order valence-corrected chi connectivity index (χ4v) is 4.61. The van der Waals surface area contributed by atoms with Gasteiger partial charge in [0.2, 0.25) is 0 Å². The molecule has 7 heteroatoms. The van der Waals surface area contributed by atoms with E-state index in [0.29, 0.717) is 0 Å². The van der Waals surface area contributed by atoms with Gasteiger partial charge in [0.25, 0.3) is 0 Å². The van der Waals surface area contributed by atoms with Crippen molar-refractivity contribution in [1.82, 2.24) is 0 Å². The maximum absolute atomic E-state index is 12.4. The van der Waals surface area contributed by atoms with Gasteiger partial charge in [-0.15, -0.1) is 0 Å². The van der Waals surface area contributed by atoms with Crippen LogP contribution >= 0.6 is 0 Å². The summed E-state index contributed by atoms with van der Waals surface area (Å²) in [6.45, 7) is 10.1. The number of aliphatic hydroxyl groups is 2. The van der Waals surface area contributed by atoms with E-state index in [1.165, 1.54) is 13.8 Å². The van der Waals surface area contributed by atoms with Crippen LogP contribution in [0.3, 0.4) is 0 Å². The van der Waals surface area contributed by atoms with Crippen LogP contribution in [0.15, 0.2) is 12.2 Å². The van der Waals surface area contributed by atoms with Gasteiger partial charge in [-0.1, -0.05) is 20.4 Å². The Kier molecular flexibility index (Phi) is 4.31. The van der Waals surface area contributed by atoms with E-state index in [-0.39, 0.29) is 18.4 Å². The number of fused-ring (bicyclic) bond motifs is 3. The van der Waals surface area contributed by atoms with Gasteiger partial charge in [0.15, 0.2) is 5.78 Å². The molecule has 0 bridgehead atoms. The molecule has 0 aromatic rings. The minimum Gasteiger partial charge on any atom is -0.459 e. The topological polar surface area (TPSA) is 110 Å². The van der Waals surface area contributed by atoms with E-state index in [2.05, 4.69) is 6.58 Å². The fourth-order valence-electron chi connectivity index (χ4n) is 4.61. The van der Waals surface area contributed by atoms with Crippen molar-refractivity contribution in [3.63, 3.8) is 0 Å². The van der Waals surface area contributed by atoms with Gasteiger partial charge >= 0.3 is 11.9 Å². The lowest BCUT2D eigenvalue weighted by molar-refractivity contribution is -0.178. The molecular weight excluding hydrogens is 340 g/mol. The molecule has 0 spiro atoms. The SMILES string of the molecule is C=C1C(=O)O[C@@H]2[C@@H]3[C@@H](CC(=O)[C@@]3(C)O)[C@](C)(O)[C@@H](OC(=O)C(C)C)C[C@@H]12. The molecule has 0 aromatic heterocycles. The molecule has 3 fully saturated rings. The van der Waals surface area contributed by atoms with Crippen molar-refractivity contribution in [3.05, 3.63) is 12.2 Å². The highest BCUT2D eigenvalue weighted by molar-refractivity contribution is 5.93. The largest absolute Gasteiger partial charge is 0.459 e. The summed E-state index contributed by atoms with van der Waals surface area (Å²) in [5.74, 6) is -3.90. The molecule has 144 valence electrons. The van der Waals surface area contributed by atoms with Gasteiger partial charge in [0.1, 0.15) is 23.4 Å². The number of carbonyl (C=O) groups is 3.